The molecule has 0 radical (unpaired) electrons. The highest BCUT2D eigenvalue weighted by molar-refractivity contribution is 5.76. The highest BCUT2D eigenvalue weighted by Gasteiger charge is 2.40. The normalized spacial score (nSPS) is 26.3. The van der Waals surface area contributed by atoms with Crippen LogP contribution in [0.4, 0.5) is 0 Å². The first-order valence-electron chi connectivity index (χ1n) is 9.00. The fraction of sp³-hybridized carbons (Fsp3) is 0.632. The summed E-state index contributed by atoms with van der Waals surface area (Å²) >= 11 is 0. The maximum atomic E-state index is 11.7. The first kappa shape index (κ1) is 17.4. The van der Waals surface area contributed by atoms with Crippen molar-refractivity contribution in [2.75, 3.05) is 46.4 Å². The predicted octanol–water partition coefficient (Wildman–Crippen LogP) is 1.49. The molecule has 5 heteroatoms. The Morgan fingerprint density at radius 3 is 2.88 bits per heavy atom. The minimum absolute atomic E-state index is 0.136. The van der Waals surface area contributed by atoms with Crippen molar-refractivity contribution in [3.8, 4) is 0 Å². The summed E-state index contributed by atoms with van der Waals surface area (Å²) in [5.41, 5.74) is 1.36. The van der Waals surface area contributed by atoms with Gasteiger partial charge in [0.15, 0.2) is 0 Å². The van der Waals surface area contributed by atoms with E-state index in [1.54, 1.807) is 0 Å². The van der Waals surface area contributed by atoms with Gasteiger partial charge in [0.2, 0.25) is 5.91 Å². The number of nitrogens with one attached hydrogen (secondary N) is 1. The van der Waals surface area contributed by atoms with Crippen LogP contribution in [0.5, 0.6) is 0 Å². The fourth-order valence-corrected chi connectivity index (χ4v) is 3.83. The van der Waals surface area contributed by atoms with Gasteiger partial charge in [0, 0.05) is 44.7 Å². The van der Waals surface area contributed by atoms with E-state index in [1.807, 2.05) is 18.2 Å². The van der Waals surface area contributed by atoms with Gasteiger partial charge in [0.25, 0.3) is 0 Å². The van der Waals surface area contributed by atoms with E-state index in [0.29, 0.717) is 13.0 Å². The molecule has 1 unspecified atom stereocenters. The van der Waals surface area contributed by atoms with Gasteiger partial charge < -0.3 is 10.1 Å². The zero-order chi connectivity index (χ0) is 16.8. The second-order valence-electron chi connectivity index (χ2n) is 7.06. The number of hydrogen-bond acceptors (Lipinski definition) is 4. The molecule has 1 spiro atoms. The maximum Gasteiger partial charge on any atom is 0.220 e. The van der Waals surface area contributed by atoms with Crippen LogP contribution in [-0.4, -0.2) is 67.6 Å². The molecule has 1 amide bonds. The molecule has 3 rings (SSSR count). The lowest BCUT2D eigenvalue weighted by Crippen LogP contribution is -2.61. The van der Waals surface area contributed by atoms with Gasteiger partial charge in [-0.15, -0.1) is 0 Å². The average Bonchev–Trinajstić information content (AvgIpc) is 2.78. The zero-order valence-electron chi connectivity index (χ0n) is 14.7. The zero-order valence-corrected chi connectivity index (χ0v) is 14.7. The third-order valence-electron chi connectivity index (χ3n) is 5.47. The molecule has 2 aliphatic heterocycles. The monoisotopic (exact) mass is 331 g/mol. The fourth-order valence-electron chi connectivity index (χ4n) is 3.83. The van der Waals surface area contributed by atoms with Crippen molar-refractivity contribution in [1.29, 1.82) is 0 Å². The first-order valence-corrected chi connectivity index (χ1v) is 9.00. The number of rotatable bonds is 5. The number of amides is 1. The highest BCUT2D eigenvalue weighted by atomic mass is 16.5. The van der Waals surface area contributed by atoms with Crippen molar-refractivity contribution in [2.45, 2.75) is 31.4 Å². The third-order valence-corrected chi connectivity index (χ3v) is 5.47. The van der Waals surface area contributed by atoms with Gasteiger partial charge in [-0.3, -0.25) is 14.6 Å². The van der Waals surface area contributed by atoms with Crippen LogP contribution in [-0.2, 0) is 16.1 Å². The number of benzene rings is 1. The Hall–Kier alpha value is -1.43. The Balaban J connectivity index is 1.47. The van der Waals surface area contributed by atoms with Crippen molar-refractivity contribution < 1.29 is 9.53 Å². The Kier molecular flexibility index (Phi) is 5.87. The molecular weight excluding hydrogens is 302 g/mol. The molecule has 2 fully saturated rings. The van der Waals surface area contributed by atoms with Crippen LogP contribution in [0.2, 0.25) is 0 Å². The number of likely N-dealkylation sites (N-methyl/N-ethyl adjacent to an activating group) is 1. The maximum absolute atomic E-state index is 11.7. The molecule has 0 aliphatic carbocycles. The lowest BCUT2D eigenvalue weighted by atomic mass is 9.86. The van der Waals surface area contributed by atoms with Crippen LogP contribution in [0.1, 0.15) is 24.8 Å². The topological polar surface area (TPSA) is 44.8 Å². The van der Waals surface area contributed by atoms with Gasteiger partial charge in [-0.2, -0.15) is 0 Å². The number of piperazine rings is 1. The van der Waals surface area contributed by atoms with Gasteiger partial charge in [-0.25, -0.2) is 0 Å². The molecular formula is C19H29N3O2. The second kappa shape index (κ2) is 8.10. The number of carbonyl (C=O) groups excluding carboxylic acids is 1. The van der Waals surface area contributed by atoms with E-state index < -0.39 is 0 Å². The molecule has 132 valence electrons. The molecule has 5 nitrogen and oxygen atoms in total. The number of hydrogen-bond donors (Lipinski definition) is 1. The lowest BCUT2D eigenvalue weighted by Gasteiger charge is -2.49. The number of nitrogens with zero attached hydrogens (tertiary/aromatic N) is 2. The summed E-state index contributed by atoms with van der Waals surface area (Å²) in [7, 11) is 2.21. The average molecular weight is 331 g/mol. The molecule has 24 heavy (non-hydrogen) atoms. The summed E-state index contributed by atoms with van der Waals surface area (Å²) in [6.07, 6.45) is 2.63. The molecule has 1 aromatic rings. The van der Waals surface area contributed by atoms with E-state index in [2.05, 4.69) is 34.3 Å². The summed E-state index contributed by atoms with van der Waals surface area (Å²) in [4.78, 5) is 16.6. The third kappa shape index (κ3) is 4.35. The molecule has 0 aromatic heterocycles. The molecule has 0 bridgehead atoms. The van der Waals surface area contributed by atoms with E-state index in [4.69, 9.17) is 4.74 Å². The van der Waals surface area contributed by atoms with Crippen LogP contribution in [0.25, 0.3) is 0 Å². The molecule has 0 saturated carbocycles. The van der Waals surface area contributed by atoms with E-state index in [9.17, 15) is 4.79 Å². The summed E-state index contributed by atoms with van der Waals surface area (Å²) in [5.74, 6) is 0.198. The van der Waals surface area contributed by atoms with Crippen LogP contribution in [0.3, 0.4) is 0 Å². The quantitative estimate of drug-likeness (QED) is 0.831. The van der Waals surface area contributed by atoms with Crippen LogP contribution < -0.4 is 5.32 Å². The van der Waals surface area contributed by atoms with Gasteiger partial charge in [-0.05, 0) is 25.5 Å². The van der Waals surface area contributed by atoms with E-state index >= 15 is 0 Å². The standard InChI is InChI=1S/C19H29N3O2/c1-21-11-12-22(13-14-24-15-17-5-3-2-4-6-17)16-19(21)8-7-18(23)20-10-9-19/h2-6H,7-16H2,1H3,(H,20,23). The van der Waals surface area contributed by atoms with Gasteiger partial charge in [0.1, 0.15) is 0 Å². The summed E-state index contributed by atoms with van der Waals surface area (Å²) in [6.45, 7) is 6.36. The largest absolute Gasteiger partial charge is 0.375 e. The van der Waals surface area contributed by atoms with Crippen LogP contribution in [0.15, 0.2) is 30.3 Å². The van der Waals surface area contributed by atoms with Crippen LogP contribution >= 0.6 is 0 Å². The molecule has 2 aliphatic rings. The van der Waals surface area contributed by atoms with Gasteiger partial charge >= 0.3 is 0 Å². The highest BCUT2D eigenvalue weighted by Crippen LogP contribution is 2.30. The predicted molar refractivity (Wildman–Crippen MR) is 94.8 cm³/mol. The Morgan fingerprint density at radius 2 is 2.04 bits per heavy atom. The minimum Gasteiger partial charge on any atom is -0.375 e. The summed E-state index contributed by atoms with van der Waals surface area (Å²) in [6, 6.07) is 10.3. The van der Waals surface area contributed by atoms with Crippen LogP contribution in [0, 0.1) is 0 Å². The lowest BCUT2D eigenvalue weighted by molar-refractivity contribution is -0.121. The minimum atomic E-state index is 0.136. The van der Waals surface area contributed by atoms with Crippen molar-refractivity contribution in [3.63, 3.8) is 0 Å². The summed E-state index contributed by atoms with van der Waals surface area (Å²) < 4.78 is 5.85. The van der Waals surface area contributed by atoms with Gasteiger partial charge in [-0.1, -0.05) is 30.3 Å². The Morgan fingerprint density at radius 1 is 1.21 bits per heavy atom. The molecule has 2 heterocycles. The van der Waals surface area contributed by atoms with Crippen molar-refractivity contribution >= 4 is 5.91 Å². The van der Waals surface area contributed by atoms with E-state index in [1.165, 1.54) is 5.56 Å². The Labute approximate surface area is 145 Å². The molecule has 2 saturated heterocycles. The van der Waals surface area contributed by atoms with Crippen molar-refractivity contribution in [1.82, 2.24) is 15.1 Å². The van der Waals surface area contributed by atoms with Gasteiger partial charge in [0.05, 0.1) is 13.2 Å². The molecule has 1 atom stereocenters. The SMILES string of the molecule is CN1CCN(CCOCc2ccccc2)CC12CCNC(=O)CC2. The Bertz CT molecular complexity index is 537. The summed E-state index contributed by atoms with van der Waals surface area (Å²) in [5, 5.41) is 3.01. The second-order valence-corrected chi connectivity index (χ2v) is 7.06. The van der Waals surface area contributed by atoms with Crippen molar-refractivity contribution in [2.24, 2.45) is 0 Å². The van der Waals surface area contributed by atoms with E-state index in [0.717, 1.165) is 52.2 Å². The number of ether oxygens (including phenoxy) is 1. The first-order chi connectivity index (χ1) is 11.7. The smallest absolute Gasteiger partial charge is 0.220 e. The van der Waals surface area contributed by atoms with Crippen molar-refractivity contribution in [3.05, 3.63) is 35.9 Å². The molecule has 1 N–H and O–H groups in total. The molecule has 1 aromatic carbocycles. The van der Waals surface area contributed by atoms with E-state index in [-0.39, 0.29) is 11.4 Å². The number of carbonyl (C=O) groups is 1.